The Kier molecular flexibility index (Phi) is 3.09. The van der Waals surface area contributed by atoms with E-state index in [0.29, 0.717) is 10.8 Å². The Hall–Kier alpha value is -1.35. The van der Waals surface area contributed by atoms with E-state index in [-0.39, 0.29) is 5.82 Å². The molecule has 1 aliphatic rings. The molecular weight excluding hydrogens is 241 g/mol. The van der Waals surface area contributed by atoms with Crippen LogP contribution in [0.3, 0.4) is 0 Å². The highest BCUT2D eigenvalue weighted by Crippen LogP contribution is 2.45. The Labute approximate surface area is 112 Å². The first-order valence-corrected chi connectivity index (χ1v) is 7.02. The first-order valence-electron chi connectivity index (χ1n) is 7.02. The lowest BCUT2D eigenvalue weighted by Gasteiger charge is -2.39. The maximum atomic E-state index is 13.5. The maximum Gasteiger partial charge on any atom is 0.148 e. The minimum Gasteiger partial charge on any atom is -0.388 e. The molecule has 3 heteroatoms. The topological polar surface area (TPSA) is 36.0 Å². The average molecular weight is 261 g/mol. The van der Waals surface area contributed by atoms with Crippen LogP contribution in [-0.4, -0.2) is 10.1 Å². The number of halogens is 1. The third-order valence-corrected chi connectivity index (χ3v) is 4.62. The predicted molar refractivity (Wildman–Crippen MR) is 74.4 cm³/mol. The summed E-state index contributed by atoms with van der Waals surface area (Å²) in [5, 5.41) is 10.8. The second-order valence-corrected chi connectivity index (χ2v) is 6.16. The van der Waals surface area contributed by atoms with Crippen molar-refractivity contribution < 1.29 is 9.50 Å². The van der Waals surface area contributed by atoms with E-state index in [1.54, 1.807) is 6.07 Å². The van der Waals surface area contributed by atoms with Crippen molar-refractivity contribution in [1.29, 1.82) is 0 Å². The van der Waals surface area contributed by atoms with Crippen molar-refractivity contribution >= 4 is 10.9 Å². The molecule has 2 N–H and O–H groups in total. The fourth-order valence-corrected chi connectivity index (χ4v) is 2.99. The molecule has 19 heavy (non-hydrogen) atoms. The summed E-state index contributed by atoms with van der Waals surface area (Å²) in [4.78, 5) is 2.87. The number of aliphatic hydroxyl groups excluding tert-OH is 1. The minimum absolute atomic E-state index is 0.255. The molecule has 0 bridgehead atoms. The highest BCUT2D eigenvalue weighted by Gasteiger charge is 2.31. The summed E-state index contributed by atoms with van der Waals surface area (Å²) < 4.78 is 13.5. The van der Waals surface area contributed by atoms with Crippen LogP contribution < -0.4 is 0 Å². The van der Waals surface area contributed by atoms with E-state index in [9.17, 15) is 9.50 Å². The highest BCUT2D eigenvalue weighted by atomic mass is 19.1. The number of aliphatic hydroxyl groups is 1. The Bertz CT molecular complexity index is 585. The molecule has 3 rings (SSSR count). The van der Waals surface area contributed by atoms with Gasteiger partial charge in [0.25, 0.3) is 0 Å². The number of hydrogen-bond donors (Lipinski definition) is 2. The summed E-state index contributed by atoms with van der Waals surface area (Å²) in [7, 11) is 0. The summed E-state index contributed by atoms with van der Waals surface area (Å²) in [6, 6.07) is 5.48. The molecule has 1 heterocycles. The van der Waals surface area contributed by atoms with Gasteiger partial charge in [-0.15, -0.1) is 0 Å². The van der Waals surface area contributed by atoms with Gasteiger partial charge < -0.3 is 10.1 Å². The van der Waals surface area contributed by atoms with Crippen LogP contribution in [0.1, 0.15) is 50.7 Å². The van der Waals surface area contributed by atoms with Crippen molar-refractivity contribution in [2.24, 2.45) is 5.41 Å². The van der Waals surface area contributed by atoms with Gasteiger partial charge in [-0.2, -0.15) is 0 Å². The summed E-state index contributed by atoms with van der Waals surface area (Å²) in [6.45, 7) is 2.29. The van der Waals surface area contributed by atoms with Crippen LogP contribution in [0.5, 0.6) is 0 Å². The van der Waals surface area contributed by atoms with Crippen molar-refractivity contribution in [3.8, 4) is 0 Å². The Balaban J connectivity index is 1.73. The third-order valence-electron chi connectivity index (χ3n) is 4.62. The lowest BCUT2D eigenvalue weighted by molar-refractivity contribution is 0.0953. The molecule has 102 valence electrons. The maximum absolute atomic E-state index is 13.5. The highest BCUT2D eigenvalue weighted by molar-refractivity contribution is 5.80. The summed E-state index contributed by atoms with van der Waals surface area (Å²) >= 11 is 0. The van der Waals surface area contributed by atoms with Gasteiger partial charge in [-0.1, -0.05) is 19.4 Å². The molecule has 1 fully saturated rings. The molecule has 1 aliphatic carbocycles. The monoisotopic (exact) mass is 261 g/mol. The van der Waals surface area contributed by atoms with Gasteiger partial charge >= 0.3 is 0 Å². The molecule has 0 saturated heterocycles. The zero-order valence-corrected chi connectivity index (χ0v) is 11.2. The zero-order chi connectivity index (χ0) is 13.5. The standard InChI is InChI=1S/C16H20FNO/c1-16(6-2-7-16)8-5-15(19)11-3-4-14-12(9-11)13(17)10-18-14/h3-4,9-10,15,18-19H,2,5-8H2,1H3/t15-/m0/s1. The van der Waals surface area contributed by atoms with Crippen LogP contribution in [0, 0.1) is 11.2 Å². The lowest BCUT2D eigenvalue weighted by atomic mass is 9.67. The van der Waals surface area contributed by atoms with Crippen LogP contribution in [0.15, 0.2) is 24.4 Å². The van der Waals surface area contributed by atoms with E-state index in [0.717, 1.165) is 23.9 Å². The number of hydrogen-bond acceptors (Lipinski definition) is 1. The van der Waals surface area contributed by atoms with Gasteiger partial charge in [0.1, 0.15) is 5.82 Å². The molecule has 0 amide bonds. The van der Waals surface area contributed by atoms with Crippen molar-refractivity contribution in [3.63, 3.8) is 0 Å². The summed E-state index contributed by atoms with van der Waals surface area (Å²) in [6.07, 6.45) is 6.52. The van der Waals surface area contributed by atoms with Crippen LogP contribution in [0.2, 0.25) is 0 Å². The lowest BCUT2D eigenvalue weighted by Crippen LogP contribution is -2.25. The smallest absolute Gasteiger partial charge is 0.148 e. The first kappa shape index (κ1) is 12.7. The van der Waals surface area contributed by atoms with Crippen molar-refractivity contribution in [1.82, 2.24) is 4.98 Å². The van der Waals surface area contributed by atoms with Gasteiger partial charge in [0, 0.05) is 17.1 Å². The van der Waals surface area contributed by atoms with Crippen LogP contribution >= 0.6 is 0 Å². The first-order chi connectivity index (χ1) is 9.07. The van der Waals surface area contributed by atoms with Crippen molar-refractivity contribution in [3.05, 3.63) is 35.8 Å². The zero-order valence-electron chi connectivity index (χ0n) is 11.2. The Morgan fingerprint density at radius 2 is 2.21 bits per heavy atom. The van der Waals surface area contributed by atoms with Crippen LogP contribution in [-0.2, 0) is 0 Å². The summed E-state index contributed by atoms with van der Waals surface area (Å²) in [5.41, 5.74) is 2.01. The van der Waals surface area contributed by atoms with E-state index < -0.39 is 6.10 Å². The van der Waals surface area contributed by atoms with Crippen LogP contribution in [0.25, 0.3) is 10.9 Å². The van der Waals surface area contributed by atoms with Crippen molar-refractivity contribution in [2.45, 2.75) is 45.1 Å². The fraction of sp³-hybridized carbons (Fsp3) is 0.500. The van der Waals surface area contributed by atoms with E-state index in [1.165, 1.54) is 25.5 Å². The van der Waals surface area contributed by atoms with Gasteiger partial charge in [0.2, 0.25) is 0 Å². The van der Waals surface area contributed by atoms with Gasteiger partial charge in [-0.3, -0.25) is 0 Å². The van der Waals surface area contributed by atoms with E-state index in [2.05, 4.69) is 11.9 Å². The van der Waals surface area contributed by atoms with E-state index in [4.69, 9.17) is 0 Å². The van der Waals surface area contributed by atoms with Gasteiger partial charge in [-0.25, -0.2) is 4.39 Å². The van der Waals surface area contributed by atoms with Gasteiger partial charge in [0.05, 0.1) is 6.10 Å². The Morgan fingerprint density at radius 3 is 2.89 bits per heavy atom. The van der Waals surface area contributed by atoms with E-state index in [1.807, 2.05) is 12.1 Å². The largest absolute Gasteiger partial charge is 0.388 e. The molecule has 2 nitrogen and oxygen atoms in total. The molecule has 0 spiro atoms. The molecule has 1 aromatic heterocycles. The Morgan fingerprint density at radius 1 is 1.42 bits per heavy atom. The quantitative estimate of drug-likeness (QED) is 0.845. The van der Waals surface area contributed by atoms with E-state index >= 15 is 0 Å². The molecule has 0 unspecified atom stereocenters. The number of fused-ring (bicyclic) bond motifs is 1. The molecule has 1 saturated carbocycles. The molecule has 0 aliphatic heterocycles. The molecular formula is C16H20FNO. The number of aromatic amines is 1. The number of aromatic nitrogens is 1. The predicted octanol–water partition coefficient (Wildman–Crippen LogP) is 4.31. The second-order valence-electron chi connectivity index (χ2n) is 6.16. The fourth-order valence-electron chi connectivity index (χ4n) is 2.99. The number of rotatable bonds is 4. The minimum atomic E-state index is -0.490. The number of nitrogens with one attached hydrogen (secondary N) is 1. The molecule has 0 radical (unpaired) electrons. The average Bonchev–Trinajstić information content (AvgIpc) is 2.75. The van der Waals surface area contributed by atoms with Crippen molar-refractivity contribution in [2.75, 3.05) is 0 Å². The SMILES string of the molecule is CC1(CC[C@H](O)c2ccc3[nH]cc(F)c3c2)CCC1. The third kappa shape index (κ3) is 2.39. The van der Waals surface area contributed by atoms with Gasteiger partial charge in [0.15, 0.2) is 0 Å². The van der Waals surface area contributed by atoms with Gasteiger partial charge in [-0.05, 0) is 48.8 Å². The van der Waals surface area contributed by atoms with Crippen LogP contribution in [0.4, 0.5) is 4.39 Å². The summed E-state index contributed by atoms with van der Waals surface area (Å²) in [5.74, 6) is -0.255. The number of H-pyrrole nitrogens is 1. The normalized spacial score (nSPS) is 19.3. The molecule has 1 atom stereocenters. The number of benzene rings is 1. The molecule has 2 aromatic rings. The second kappa shape index (κ2) is 4.64. The molecule has 1 aromatic carbocycles.